The predicted molar refractivity (Wildman–Crippen MR) is 75.8 cm³/mol. The minimum atomic E-state index is -4.70. The number of aromatic nitrogens is 1. The first kappa shape index (κ1) is 14.2. The molecule has 3 rings (SSSR count). The molecule has 0 spiro atoms. The molecule has 0 atom stereocenters. The number of carbonyl (C=O) groups excluding carboxylic acids is 1. The quantitative estimate of drug-likeness (QED) is 0.721. The highest BCUT2D eigenvalue weighted by Crippen LogP contribution is 2.29. The van der Waals surface area contributed by atoms with Gasteiger partial charge in [0.25, 0.3) is 0 Å². The Kier molecular flexibility index (Phi) is 3.36. The Labute approximate surface area is 123 Å². The van der Waals surface area contributed by atoms with Gasteiger partial charge in [0.2, 0.25) is 0 Å². The molecule has 22 heavy (non-hydrogen) atoms. The van der Waals surface area contributed by atoms with Crippen LogP contribution in [0.1, 0.15) is 10.4 Å². The van der Waals surface area contributed by atoms with Crippen molar-refractivity contribution in [1.82, 2.24) is 4.98 Å². The summed E-state index contributed by atoms with van der Waals surface area (Å²) in [4.78, 5) is 13.9. The van der Waals surface area contributed by atoms with Gasteiger partial charge in [-0.05, 0) is 35.4 Å². The van der Waals surface area contributed by atoms with Gasteiger partial charge in [0.05, 0.1) is 0 Å². The number of nitrogens with one attached hydrogen (secondary N) is 1. The van der Waals surface area contributed by atoms with Crippen LogP contribution >= 0.6 is 0 Å². The molecular formula is C16H10F3NO2. The topological polar surface area (TPSA) is 42.1 Å². The summed E-state index contributed by atoms with van der Waals surface area (Å²) >= 11 is 0. The third-order valence-corrected chi connectivity index (χ3v) is 3.26. The van der Waals surface area contributed by atoms with E-state index in [1.54, 1.807) is 6.20 Å². The summed E-state index contributed by atoms with van der Waals surface area (Å²) in [5, 5.41) is 0.767. The van der Waals surface area contributed by atoms with Crippen LogP contribution in [0.25, 0.3) is 22.0 Å². The fraction of sp³-hybridized carbons (Fsp3) is 0.0625. The van der Waals surface area contributed by atoms with Crippen LogP contribution in [0.2, 0.25) is 0 Å². The molecule has 1 aromatic heterocycles. The van der Waals surface area contributed by atoms with Crippen molar-refractivity contribution in [2.75, 3.05) is 0 Å². The summed E-state index contributed by atoms with van der Waals surface area (Å²) in [5.74, 6) is -0.271. The molecule has 0 radical (unpaired) electrons. The van der Waals surface area contributed by atoms with Gasteiger partial charge >= 0.3 is 6.36 Å². The van der Waals surface area contributed by atoms with Crippen molar-refractivity contribution in [1.29, 1.82) is 0 Å². The maximum absolute atomic E-state index is 12.1. The number of alkyl halides is 3. The third-order valence-electron chi connectivity index (χ3n) is 3.26. The molecule has 3 aromatic rings. The van der Waals surface area contributed by atoms with Crippen molar-refractivity contribution in [2.45, 2.75) is 6.36 Å². The largest absolute Gasteiger partial charge is 0.573 e. The summed E-state index contributed by atoms with van der Waals surface area (Å²) in [6.45, 7) is 0. The number of ether oxygens (including phenoxy) is 1. The maximum Gasteiger partial charge on any atom is 0.573 e. The number of benzene rings is 2. The Bertz CT molecular complexity index is 820. The average Bonchev–Trinajstić information content (AvgIpc) is 2.88. The minimum Gasteiger partial charge on any atom is -0.406 e. The van der Waals surface area contributed by atoms with E-state index in [1.165, 1.54) is 24.3 Å². The van der Waals surface area contributed by atoms with Crippen LogP contribution in [-0.2, 0) is 0 Å². The summed E-state index contributed by atoms with van der Waals surface area (Å²) in [6, 6.07) is 11.0. The average molecular weight is 305 g/mol. The standard InChI is InChI=1S/C16H10F3NO2/c17-16(18,19)22-13-4-1-10(2-5-13)11-3-6-15-14(7-11)12(9-21)8-20-15/h1-9,20H. The molecule has 0 unspecified atom stereocenters. The van der Waals surface area contributed by atoms with E-state index in [4.69, 9.17) is 0 Å². The first-order valence-electron chi connectivity index (χ1n) is 6.39. The number of halogens is 3. The van der Waals surface area contributed by atoms with Gasteiger partial charge in [-0.2, -0.15) is 0 Å². The van der Waals surface area contributed by atoms with Gasteiger partial charge in [0, 0.05) is 22.7 Å². The van der Waals surface area contributed by atoms with Gasteiger partial charge in [-0.1, -0.05) is 18.2 Å². The van der Waals surface area contributed by atoms with Gasteiger partial charge in [0.1, 0.15) is 5.75 Å². The fourth-order valence-corrected chi connectivity index (χ4v) is 2.27. The lowest BCUT2D eigenvalue weighted by Crippen LogP contribution is -2.16. The van der Waals surface area contributed by atoms with Crippen LogP contribution in [0.4, 0.5) is 13.2 Å². The monoisotopic (exact) mass is 305 g/mol. The van der Waals surface area contributed by atoms with Gasteiger partial charge in [-0.15, -0.1) is 13.2 Å². The molecule has 112 valence electrons. The summed E-state index contributed by atoms with van der Waals surface area (Å²) in [6.07, 6.45) is -2.34. The number of rotatable bonds is 3. The Balaban J connectivity index is 1.95. The smallest absolute Gasteiger partial charge is 0.406 e. The molecule has 3 nitrogen and oxygen atoms in total. The fourth-order valence-electron chi connectivity index (χ4n) is 2.27. The zero-order valence-corrected chi connectivity index (χ0v) is 11.1. The SMILES string of the molecule is O=Cc1c[nH]c2ccc(-c3ccc(OC(F)(F)F)cc3)cc12. The van der Waals surface area contributed by atoms with E-state index in [1.807, 2.05) is 18.2 Å². The van der Waals surface area contributed by atoms with Crippen LogP contribution in [0.15, 0.2) is 48.7 Å². The van der Waals surface area contributed by atoms with Gasteiger partial charge in [-0.25, -0.2) is 0 Å². The second kappa shape index (κ2) is 5.22. The highest BCUT2D eigenvalue weighted by atomic mass is 19.4. The van der Waals surface area contributed by atoms with Gasteiger partial charge < -0.3 is 9.72 Å². The first-order chi connectivity index (χ1) is 10.5. The Morgan fingerprint density at radius 2 is 1.68 bits per heavy atom. The molecule has 0 aliphatic heterocycles. The number of fused-ring (bicyclic) bond motifs is 1. The van der Waals surface area contributed by atoms with Crippen molar-refractivity contribution < 1.29 is 22.7 Å². The highest BCUT2D eigenvalue weighted by Gasteiger charge is 2.30. The van der Waals surface area contributed by atoms with Crippen molar-refractivity contribution in [3.63, 3.8) is 0 Å². The molecule has 0 amide bonds. The predicted octanol–water partition coefficient (Wildman–Crippen LogP) is 4.55. The van der Waals surface area contributed by atoms with E-state index in [2.05, 4.69) is 9.72 Å². The zero-order valence-electron chi connectivity index (χ0n) is 11.1. The molecule has 2 aromatic carbocycles. The van der Waals surface area contributed by atoms with E-state index in [0.717, 1.165) is 28.3 Å². The minimum absolute atomic E-state index is 0.271. The zero-order chi connectivity index (χ0) is 15.7. The summed E-state index contributed by atoms with van der Waals surface area (Å²) < 4.78 is 40.2. The van der Waals surface area contributed by atoms with Crippen molar-refractivity contribution in [2.24, 2.45) is 0 Å². The van der Waals surface area contributed by atoms with E-state index in [-0.39, 0.29) is 5.75 Å². The van der Waals surface area contributed by atoms with Crippen LogP contribution < -0.4 is 4.74 Å². The van der Waals surface area contributed by atoms with Crippen LogP contribution in [0.3, 0.4) is 0 Å². The van der Waals surface area contributed by atoms with E-state index >= 15 is 0 Å². The molecule has 1 N–H and O–H groups in total. The maximum atomic E-state index is 12.1. The number of hydrogen-bond acceptors (Lipinski definition) is 2. The summed E-state index contributed by atoms with van der Waals surface area (Å²) in [7, 11) is 0. The van der Waals surface area contributed by atoms with E-state index < -0.39 is 6.36 Å². The van der Waals surface area contributed by atoms with Crippen molar-refractivity contribution in [3.8, 4) is 16.9 Å². The van der Waals surface area contributed by atoms with Crippen molar-refractivity contribution in [3.05, 3.63) is 54.2 Å². The molecule has 0 saturated heterocycles. The molecule has 0 fully saturated rings. The normalized spacial score (nSPS) is 11.6. The Morgan fingerprint density at radius 1 is 1.00 bits per heavy atom. The lowest BCUT2D eigenvalue weighted by Gasteiger charge is -2.09. The molecular weight excluding hydrogens is 295 g/mol. The van der Waals surface area contributed by atoms with Gasteiger partial charge in [-0.3, -0.25) is 4.79 Å². The Morgan fingerprint density at radius 3 is 2.32 bits per heavy atom. The lowest BCUT2D eigenvalue weighted by molar-refractivity contribution is -0.274. The van der Waals surface area contributed by atoms with Crippen LogP contribution in [0.5, 0.6) is 5.75 Å². The number of carbonyl (C=O) groups is 1. The first-order valence-corrected chi connectivity index (χ1v) is 6.39. The van der Waals surface area contributed by atoms with Crippen molar-refractivity contribution >= 4 is 17.2 Å². The highest BCUT2D eigenvalue weighted by molar-refractivity contribution is 5.99. The van der Waals surface area contributed by atoms with Gasteiger partial charge in [0.15, 0.2) is 6.29 Å². The van der Waals surface area contributed by atoms with Crippen LogP contribution in [-0.4, -0.2) is 17.6 Å². The molecule has 0 aliphatic rings. The second-order valence-electron chi connectivity index (χ2n) is 4.69. The number of aromatic amines is 1. The molecule has 6 heteroatoms. The number of hydrogen-bond donors (Lipinski definition) is 1. The lowest BCUT2D eigenvalue weighted by atomic mass is 10.0. The number of H-pyrrole nitrogens is 1. The molecule has 1 heterocycles. The van der Waals surface area contributed by atoms with Crippen LogP contribution in [0, 0.1) is 0 Å². The third kappa shape index (κ3) is 2.81. The molecule has 0 aliphatic carbocycles. The molecule has 0 saturated carbocycles. The number of aldehydes is 1. The molecule has 0 bridgehead atoms. The van der Waals surface area contributed by atoms with E-state index in [9.17, 15) is 18.0 Å². The summed E-state index contributed by atoms with van der Waals surface area (Å²) in [5.41, 5.74) is 2.89. The second-order valence-corrected chi connectivity index (χ2v) is 4.69. The van der Waals surface area contributed by atoms with E-state index in [0.29, 0.717) is 5.56 Å². The Hall–Kier alpha value is -2.76.